The van der Waals surface area contributed by atoms with Gasteiger partial charge in [-0.1, -0.05) is 12.1 Å². The van der Waals surface area contributed by atoms with Crippen molar-refractivity contribution in [2.45, 2.75) is 32.2 Å². The number of nitrogens with zero attached hydrogens (tertiary/aromatic N) is 2. The van der Waals surface area contributed by atoms with Gasteiger partial charge in [0.25, 0.3) is 5.91 Å². The quantitative estimate of drug-likeness (QED) is 0.927. The molecule has 0 radical (unpaired) electrons. The van der Waals surface area contributed by atoms with Crippen molar-refractivity contribution in [3.8, 4) is 5.75 Å². The number of nitrogens with one attached hydrogen (secondary N) is 1. The maximum absolute atomic E-state index is 12.6. The predicted octanol–water partition coefficient (Wildman–Crippen LogP) is 2.37. The number of ether oxygens (including phenoxy) is 1. The van der Waals surface area contributed by atoms with Crippen LogP contribution < -0.4 is 10.1 Å². The standard InChI is InChI=1S/C19H23N3O3/c1-13(19(24)22-10-6-3-7-11-22)20-18(23)16-12-17(25-2)14-8-4-5-9-15(14)21-16/h4-5,8-9,12-13H,3,6-7,10-11H2,1-2H3,(H,20,23). The molecule has 1 aliphatic heterocycles. The van der Waals surface area contributed by atoms with Crippen LogP contribution in [0.3, 0.4) is 0 Å². The fourth-order valence-electron chi connectivity index (χ4n) is 3.15. The lowest BCUT2D eigenvalue weighted by atomic mass is 10.1. The summed E-state index contributed by atoms with van der Waals surface area (Å²) in [5, 5.41) is 3.61. The number of fused-ring (bicyclic) bond motifs is 1. The van der Waals surface area contributed by atoms with Crippen molar-refractivity contribution in [2.24, 2.45) is 0 Å². The minimum Gasteiger partial charge on any atom is -0.496 e. The molecule has 0 spiro atoms. The lowest BCUT2D eigenvalue weighted by Crippen LogP contribution is -2.48. The average Bonchev–Trinajstić information content (AvgIpc) is 2.67. The normalized spacial score (nSPS) is 15.7. The van der Waals surface area contributed by atoms with E-state index in [0.29, 0.717) is 11.3 Å². The summed E-state index contributed by atoms with van der Waals surface area (Å²) in [6.45, 7) is 3.25. The molecule has 25 heavy (non-hydrogen) atoms. The van der Waals surface area contributed by atoms with Crippen molar-refractivity contribution in [3.63, 3.8) is 0 Å². The second kappa shape index (κ2) is 7.51. The molecule has 6 nitrogen and oxygen atoms in total. The molecule has 1 atom stereocenters. The van der Waals surface area contributed by atoms with Gasteiger partial charge in [0.1, 0.15) is 17.5 Å². The lowest BCUT2D eigenvalue weighted by molar-refractivity contribution is -0.133. The summed E-state index contributed by atoms with van der Waals surface area (Å²) in [5.74, 6) is 0.175. The zero-order valence-electron chi connectivity index (χ0n) is 14.6. The minimum atomic E-state index is -0.579. The fraction of sp³-hybridized carbons (Fsp3) is 0.421. The molecule has 1 saturated heterocycles. The number of rotatable bonds is 4. The zero-order chi connectivity index (χ0) is 17.8. The van der Waals surface area contributed by atoms with Crippen molar-refractivity contribution in [1.29, 1.82) is 0 Å². The summed E-state index contributed by atoms with van der Waals surface area (Å²) in [5.41, 5.74) is 0.927. The fourth-order valence-corrected chi connectivity index (χ4v) is 3.15. The minimum absolute atomic E-state index is 0.0409. The third kappa shape index (κ3) is 3.73. The van der Waals surface area contributed by atoms with Gasteiger partial charge in [0.2, 0.25) is 5.91 Å². The average molecular weight is 341 g/mol. The van der Waals surface area contributed by atoms with E-state index in [1.165, 1.54) is 0 Å². The number of carbonyl (C=O) groups excluding carboxylic acids is 2. The first-order valence-electron chi connectivity index (χ1n) is 8.63. The Bertz CT molecular complexity index is 785. The van der Waals surface area contributed by atoms with E-state index in [1.807, 2.05) is 29.2 Å². The molecular formula is C19H23N3O3. The van der Waals surface area contributed by atoms with Gasteiger partial charge in [-0.3, -0.25) is 9.59 Å². The Morgan fingerprint density at radius 2 is 1.92 bits per heavy atom. The van der Waals surface area contributed by atoms with Crippen LogP contribution in [0.25, 0.3) is 10.9 Å². The lowest BCUT2D eigenvalue weighted by Gasteiger charge is -2.29. The van der Waals surface area contributed by atoms with Gasteiger partial charge >= 0.3 is 0 Å². The van der Waals surface area contributed by atoms with E-state index in [1.54, 1.807) is 20.1 Å². The summed E-state index contributed by atoms with van der Waals surface area (Å²) in [7, 11) is 1.56. The third-order valence-corrected chi connectivity index (χ3v) is 4.52. The molecular weight excluding hydrogens is 318 g/mol. The number of hydrogen-bond donors (Lipinski definition) is 1. The van der Waals surface area contributed by atoms with Crippen LogP contribution in [0.2, 0.25) is 0 Å². The van der Waals surface area contributed by atoms with Crippen LogP contribution >= 0.6 is 0 Å². The van der Waals surface area contributed by atoms with Crippen molar-refractivity contribution in [2.75, 3.05) is 20.2 Å². The Hall–Kier alpha value is -2.63. The Balaban J connectivity index is 1.76. The summed E-state index contributed by atoms with van der Waals surface area (Å²) >= 11 is 0. The topological polar surface area (TPSA) is 71.5 Å². The summed E-state index contributed by atoms with van der Waals surface area (Å²) in [6, 6.07) is 8.51. The van der Waals surface area contributed by atoms with Crippen molar-refractivity contribution < 1.29 is 14.3 Å². The van der Waals surface area contributed by atoms with E-state index in [4.69, 9.17) is 4.74 Å². The van der Waals surface area contributed by atoms with E-state index in [2.05, 4.69) is 10.3 Å². The van der Waals surface area contributed by atoms with E-state index in [0.717, 1.165) is 37.7 Å². The van der Waals surface area contributed by atoms with Gasteiger partial charge < -0.3 is 15.0 Å². The number of methoxy groups -OCH3 is 1. The Labute approximate surface area is 147 Å². The van der Waals surface area contributed by atoms with Crippen LogP contribution in [0.5, 0.6) is 5.75 Å². The highest BCUT2D eigenvalue weighted by Crippen LogP contribution is 2.25. The smallest absolute Gasteiger partial charge is 0.270 e. The number of para-hydroxylation sites is 1. The molecule has 132 valence electrons. The molecule has 1 unspecified atom stereocenters. The van der Waals surface area contributed by atoms with Gasteiger partial charge in [-0.05, 0) is 38.3 Å². The van der Waals surface area contributed by atoms with Gasteiger partial charge in [-0.2, -0.15) is 0 Å². The highest BCUT2D eigenvalue weighted by Gasteiger charge is 2.24. The summed E-state index contributed by atoms with van der Waals surface area (Å²) in [6.07, 6.45) is 3.21. The molecule has 6 heteroatoms. The largest absolute Gasteiger partial charge is 0.496 e. The van der Waals surface area contributed by atoms with E-state index < -0.39 is 6.04 Å². The molecule has 0 saturated carbocycles. The first kappa shape index (κ1) is 17.2. The third-order valence-electron chi connectivity index (χ3n) is 4.52. The number of hydrogen-bond acceptors (Lipinski definition) is 4. The van der Waals surface area contributed by atoms with Gasteiger partial charge in [-0.25, -0.2) is 4.98 Å². The molecule has 1 fully saturated rings. The predicted molar refractivity (Wildman–Crippen MR) is 95.7 cm³/mol. The molecule has 1 aromatic carbocycles. The van der Waals surface area contributed by atoms with Crippen molar-refractivity contribution in [3.05, 3.63) is 36.0 Å². The maximum Gasteiger partial charge on any atom is 0.270 e. The van der Waals surface area contributed by atoms with Crippen LogP contribution in [-0.4, -0.2) is 47.9 Å². The van der Waals surface area contributed by atoms with Crippen molar-refractivity contribution in [1.82, 2.24) is 15.2 Å². The number of benzene rings is 1. The SMILES string of the molecule is COc1cc(C(=O)NC(C)C(=O)N2CCCCC2)nc2ccccc12. The number of amides is 2. The van der Waals surface area contributed by atoms with Gasteiger partial charge in [0, 0.05) is 24.5 Å². The molecule has 0 aliphatic carbocycles. The number of aromatic nitrogens is 1. The number of carbonyl (C=O) groups is 2. The zero-order valence-corrected chi connectivity index (χ0v) is 14.6. The number of pyridine rings is 1. The Kier molecular flexibility index (Phi) is 5.16. The van der Waals surface area contributed by atoms with E-state index in [9.17, 15) is 9.59 Å². The molecule has 2 aromatic rings. The Morgan fingerprint density at radius 1 is 1.20 bits per heavy atom. The molecule has 2 amide bonds. The molecule has 1 aliphatic rings. The van der Waals surface area contributed by atoms with E-state index >= 15 is 0 Å². The first-order valence-corrected chi connectivity index (χ1v) is 8.63. The number of piperidine rings is 1. The summed E-state index contributed by atoms with van der Waals surface area (Å²) in [4.78, 5) is 31.2. The van der Waals surface area contributed by atoms with Crippen LogP contribution in [-0.2, 0) is 4.79 Å². The number of likely N-dealkylation sites (tertiary alicyclic amines) is 1. The molecule has 0 bridgehead atoms. The van der Waals surface area contributed by atoms with Crippen LogP contribution in [0.15, 0.2) is 30.3 Å². The summed E-state index contributed by atoms with van der Waals surface area (Å²) < 4.78 is 5.37. The van der Waals surface area contributed by atoms with Crippen molar-refractivity contribution >= 4 is 22.7 Å². The van der Waals surface area contributed by atoms with Crippen LogP contribution in [0.1, 0.15) is 36.7 Å². The van der Waals surface area contributed by atoms with Gasteiger partial charge in [0.05, 0.1) is 12.6 Å². The van der Waals surface area contributed by atoms with Crippen LogP contribution in [0.4, 0.5) is 0 Å². The Morgan fingerprint density at radius 3 is 2.64 bits per heavy atom. The molecule has 1 N–H and O–H groups in total. The monoisotopic (exact) mass is 341 g/mol. The van der Waals surface area contributed by atoms with E-state index in [-0.39, 0.29) is 17.5 Å². The maximum atomic E-state index is 12.6. The first-order chi connectivity index (χ1) is 12.1. The van der Waals surface area contributed by atoms with Gasteiger partial charge in [0.15, 0.2) is 0 Å². The second-order valence-electron chi connectivity index (χ2n) is 6.31. The highest BCUT2D eigenvalue weighted by molar-refractivity contribution is 5.99. The van der Waals surface area contributed by atoms with Crippen LogP contribution in [0, 0.1) is 0 Å². The molecule has 1 aromatic heterocycles. The molecule has 3 rings (SSSR count). The second-order valence-corrected chi connectivity index (χ2v) is 6.31. The van der Waals surface area contributed by atoms with Gasteiger partial charge in [-0.15, -0.1) is 0 Å². The molecule has 2 heterocycles. The highest BCUT2D eigenvalue weighted by atomic mass is 16.5.